The van der Waals surface area contributed by atoms with Crippen molar-refractivity contribution in [3.8, 4) is 0 Å². The third-order valence-electron chi connectivity index (χ3n) is 4.60. The molecule has 0 saturated carbocycles. The van der Waals surface area contributed by atoms with Crippen LogP contribution >= 0.6 is 11.6 Å². The van der Waals surface area contributed by atoms with Crippen LogP contribution in [0.1, 0.15) is 22.8 Å². The number of ketones is 1. The Morgan fingerprint density at radius 3 is 2.65 bits per heavy atom. The number of carbonyl (C=O) groups is 2. The summed E-state index contributed by atoms with van der Waals surface area (Å²) in [5, 5.41) is 11.2. The number of hydrogen-bond donors (Lipinski definition) is 1. The maximum absolute atomic E-state index is 12.7. The van der Waals surface area contributed by atoms with Gasteiger partial charge in [-0.2, -0.15) is 0 Å². The molecule has 0 aliphatic rings. The highest BCUT2D eigenvalue weighted by molar-refractivity contribution is 6.30. The summed E-state index contributed by atoms with van der Waals surface area (Å²) >= 11 is 5.90. The quantitative estimate of drug-likeness (QED) is 0.465. The largest absolute Gasteiger partial charge is 0.325 e. The van der Waals surface area contributed by atoms with Crippen molar-refractivity contribution in [2.24, 2.45) is 0 Å². The zero-order valence-corrected chi connectivity index (χ0v) is 17.2. The molecule has 0 saturated heterocycles. The molecular formula is C21H17ClN6O3. The summed E-state index contributed by atoms with van der Waals surface area (Å²) in [7, 11) is 0. The fraction of sp³-hybridized carbons (Fsp3) is 0.143. The highest BCUT2D eigenvalue weighted by Crippen LogP contribution is 2.13. The van der Waals surface area contributed by atoms with Crippen molar-refractivity contribution in [2.75, 3.05) is 5.32 Å². The molecule has 0 atom stereocenters. The number of nitrogens with zero attached hydrogens (tertiary/aromatic N) is 5. The van der Waals surface area contributed by atoms with Crippen LogP contribution in [0.2, 0.25) is 5.02 Å². The van der Waals surface area contributed by atoms with E-state index in [4.69, 9.17) is 11.6 Å². The zero-order chi connectivity index (χ0) is 22.0. The summed E-state index contributed by atoms with van der Waals surface area (Å²) < 4.78 is 2.67. The molecule has 2 heterocycles. The second-order valence-electron chi connectivity index (χ2n) is 6.91. The van der Waals surface area contributed by atoms with Crippen molar-refractivity contribution in [3.05, 3.63) is 81.4 Å². The molecule has 0 bridgehead atoms. The van der Waals surface area contributed by atoms with Crippen molar-refractivity contribution < 1.29 is 9.59 Å². The number of nitrogens with one attached hydrogen (secondary N) is 1. The van der Waals surface area contributed by atoms with Gasteiger partial charge >= 0.3 is 0 Å². The fourth-order valence-electron chi connectivity index (χ4n) is 3.04. The molecule has 0 aliphatic heterocycles. The average Bonchev–Trinajstić information content (AvgIpc) is 3.15. The zero-order valence-electron chi connectivity index (χ0n) is 16.4. The molecular weight excluding hydrogens is 420 g/mol. The number of hydrogen-bond acceptors (Lipinski definition) is 6. The van der Waals surface area contributed by atoms with Crippen molar-refractivity contribution in [1.82, 2.24) is 24.5 Å². The molecule has 31 heavy (non-hydrogen) atoms. The fourth-order valence-corrected chi connectivity index (χ4v) is 3.17. The summed E-state index contributed by atoms with van der Waals surface area (Å²) in [5.41, 5.74) is 1.80. The minimum Gasteiger partial charge on any atom is -0.325 e. The van der Waals surface area contributed by atoms with Gasteiger partial charge in [-0.05, 0) is 36.8 Å². The Balaban J connectivity index is 1.52. The van der Waals surface area contributed by atoms with Gasteiger partial charge in [-0.15, -0.1) is 5.10 Å². The maximum atomic E-state index is 12.7. The Morgan fingerprint density at radius 1 is 1.13 bits per heavy atom. The molecule has 0 spiro atoms. The first-order valence-electron chi connectivity index (χ1n) is 9.34. The molecule has 0 radical (unpaired) electrons. The van der Waals surface area contributed by atoms with E-state index in [2.05, 4.69) is 20.6 Å². The topological polar surface area (TPSA) is 112 Å². The van der Waals surface area contributed by atoms with Crippen molar-refractivity contribution in [3.63, 3.8) is 0 Å². The molecule has 0 fully saturated rings. The van der Waals surface area contributed by atoms with Crippen molar-refractivity contribution in [2.45, 2.75) is 20.0 Å². The summed E-state index contributed by atoms with van der Waals surface area (Å²) in [6.45, 7) is 1.56. The first-order valence-corrected chi connectivity index (χ1v) is 9.72. The molecule has 156 valence electrons. The lowest BCUT2D eigenvalue weighted by Crippen LogP contribution is -2.28. The lowest BCUT2D eigenvalue weighted by Gasteiger charge is -2.08. The number of anilines is 1. The molecule has 4 aromatic rings. The van der Waals surface area contributed by atoms with Crippen LogP contribution in [0.15, 0.2) is 59.7 Å². The molecule has 10 heteroatoms. The highest BCUT2D eigenvalue weighted by atomic mass is 35.5. The van der Waals surface area contributed by atoms with Gasteiger partial charge in [0.2, 0.25) is 5.91 Å². The van der Waals surface area contributed by atoms with Gasteiger partial charge in [-0.1, -0.05) is 41.1 Å². The third kappa shape index (κ3) is 4.51. The van der Waals surface area contributed by atoms with Crippen LogP contribution in [0, 0.1) is 0 Å². The predicted molar refractivity (Wildman–Crippen MR) is 115 cm³/mol. The summed E-state index contributed by atoms with van der Waals surface area (Å²) in [6.07, 6.45) is 1.29. The number of Topliss-reactive ketones (excluding diaryl/α,β-unsaturated/α-hetero) is 1. The molecule has 1 N–H and O–H groups in total. The first-order chi connectivity index (χ1) is 14.9. The van der Waals surface area contributed by atoms with E-state index >= 15 is 0 Å². The lowest BCUT2D eigenvalue weighted by molar-refractivity contribution is -0.116. The maximum Gasteiger partial charge on any atom is 0.283 e. The van der Waals surface area contributed by atoms with Gasteiger partial charge in [-0.3, -0.25) is 19.0 Å². The molecule has 0 unspecified atom stereocenters. The van der Waals surface area contributed by atoms with Crippen LogP contribution in [0.5, 0.6) is 0 Å². The number of benzene rings is 2. The first kappa shape index (κ1) is 20.4. The van der Waals surface area contributed by atoms with E-state index in [9.17, 15) is 14.4 Å². The van der Waals surface area contributed by atoms with Gasteiger partial charge in [-0.25, -0.2) is 9.67 Å². The summed E-state index contributed by atoms with van der Waals surface area (Å²) in [6, 6.07) is 13.8. The molecule has 2 aromatic carbocycles. The molecule has 1 amide bonds. The summed E-state index contributed by atoms with van der Waals surface area (Å²) in [4.78, 5) is 40.9. The Hall–Kier alpha value is -3.85. The van der Waals surface area contributed by atoms with Crippen LogP contribution in [-0.4, -0.2) is 36.2 Å². The monoisotopic (exact) mass is 436 g/mol. The van der Waals surface area contributed by atoms with E-state index in [0.29, 0.717) is 28.5 Å². The van der Waals surface area contributed by atoms with E-state index in [0.717, 1.165) is 10.1 Å². The molecule has 9 nitrogen and oxygen atoms in total. The van der Waals surface area contributed by atoms with Crippen LogP contribution in [0.4, 0.5) is 5.69 Å². The Labute approximate surface area is 181 Å². The number of fused-ring (bicyclic) bond motifs is 1. The minimum absolute atomic E-state index is 0.0721. The van der Waals surface area contributed by atoms with Gasteiger partial charge in [0.25, 0.3) is 5.56 Å². The van der Waals surface area contributed by atoms with E-state index in [1.165, 1.54) is 17.9 Å². The SMILES string of the molecule is CC(=O)c1cccc(NC(=O)Cn2cnc3c(nnn3Cc3ccc(Cl)cc3)c2=O)c1. The average molecular weight is 437 g/mol. The van der Waals surface area contributed by atoms with E-state index < -0.39 is 11.5 Å². The van der Waals surface area contributed by atoms with Crippen LogP contribution in [-0.2, 0) is 17.9 Å². The van der Waals surface area contributed by atoms with Crippen LogP contribution < -0.4 is 10.9 Å². The van der Waals surface area contributed by atoms with Crippen molar-refractivity contribution in [1.29, 1.82) is 0 Å². The van der Waals surface area contributed by atoms with Gasteiger partial charge in [0.1, 0.15) is 12.9 Å². The highest BCUT2D eigenvalue weighted by Gasteiger charge is 2.14. The molecule has 2 aromatic heterocycles. The Kier molecular flexibility index (Phi) is 5.59. The van der Waals surface area contributed by atoms with Crippen LogP contribution in [0.25, 0.3) is 11.2 Å². The normalized spacial score (nSPS) is 10.9. The number of halogens is 1. The molecule has 4 rings (SSSR count). The van der Waals surface area contributed by atoms with Gasteiger partial charge in [0, 0.05) is 16.3 Å². The van der Waals surface area contributed by atoms with Gasteiger partial charge < -0.3 is 5.32 Å². The number of carbonyl (C=O) groups excluding carboxylic acids is 2. The van der Waals surface area contributed by atoms with E-state index in [1.54, 1.807) is 36.4 Å². The van der Waals surface area contributed by atoms with E-state index in [-0.39, 0.29) is 17.8 Å². The van der Waals surface area contributed by atoms with Crippen LogP contribution in [0.3, 0.4) is 0 Å². The summed E-state index contributed by atoms with van der Waals surface area (Å²) in [5.74, 6) is -0.541. The second-order valence-corrected chi connectivity index (χ2v) is 7.34. The minimum atomic E-state index is -0.472. The molecule has 0 aliphatic carbocycles. The Morgan fingerprint density at radius 2 is 1.90 bits per heavy atom. The predicted octanol–water partition coefficient (Wildman–Crippen LogP) is 2.53. The number of aromatic nitrogens is 5. The number of amides is 1. The standard InChI is InChI=1S/C21H17ClN6O3/c1-13(29)15-3-2-4-17(9-15)24-18(30)11-27-12-23-20-19(21(27)31)25-26-28(20)10-14-5-7-16(22)8-6-14/h2-9,12H,10-11H2,1H3,(H,24,30). The lowest BCUT2D eigenvalue weighted by atomic mass is 10.1. The Bertz CT molecular complexity index is 1340. The third-order valence-corrected chi connectivity index (χ3v) is 4.86. The smallest absolute Gasteiger partial charge is 0.283 e. The second kappa shape index (κ2) is 8.49. The van der Waals surface area contributed by atoms with Crippen molar-refractivity contribution >= 4 is 40.1 Å². The van der Waals surface area contributed by atoms with Gasteiger partial charge in [0.05, 0.1) is 6.54 Å². The van der Waals surface area contributed by atoms with E-state index in [1.807, 2.05) is 12.1 Å². The van der Waals surface area contributed by atoms with Gasteiger partial charge in [0.15, 0.2) is 16.9 Å². The number of rotatable bonds is 6.